The molecule has 0 bridgehead atoms. The van der Waals surface area contributed by atoms with Crippen LogP contribution in [0.15, 0.2) is 24.3 Å². The van der Waals surface area contributed by atoms with Crippen molar-refractivity contribution in [3.05, 3.63) is 35.4 Å². The Hall–Kier alpha value is -0.920. The van der Waals surface area contributed by atoms with Gasteiger partial charge in [0.15, 0.2) is 0 Å². The van der Waals surface area contributed by atoms with Crippen LogP contribution < -0.4 is 0 Å². The van der Waals surface area contributed by atoms with Gasteiger partial charge in [0.2, 0.25) is 10.0 Å². The minimum atomic E-state index is -3.57. The number of sulfone groups is 1. The summed E-state index contributed by atoms with van der Waals surface area (Å²) in [4.78, 5) is 0. The van der Waals surface area contributed by atoms with Crippen LogP contribution in [-0.4, -0.2) is 45.4 Å². The maximum absolute atomic E-state index is 12.5. The minimum absolute atomic E-state index is 0.182. The highest BCUT2D eigenvalue weighted by atomic mass is 32.2. The molecule has 0 aliphatic carbocycles. The summed E-state index contributed by atoms with van der Waals surface area (Å²) in [6, 6.07) is 7.70. The maximum Gasteiger partial charge on any atom is 0.215 e. The normalized spacial score (nSPS) is 20.9. The molecule has 0 aromatic heterocycles. The summed E-state index contributed by atoms with van der Waals surface area (Å²) in [6.45, 7) is 2.45. The van der Waals surface area contributed by atoms with Gasteiger partial charge in [-0.25, -0.2) is 16.8 Å². The average Bonchev–Trinajstić information content (AvgIpc) is 2.45. The van der Waals surface area contributed by atoms with Crippen molar-refractivity contribution in [2.75, 3.05) is 24.3 Å². The molecule has 7 heteroatoms. The molecule has 5 nitrogen and oxygen atoms in total. The molecule has 1 aromatic carbocycles. The molecule has 1 aromatic rings. The fourth-order valence-electron chi connectivity index (χ4n) is 2.73. The third-order valence-electron chi connectivity index (χ3n) is 3.99. The molecule has 0 unspecified atom stereocenters. The van der Waals surface area contributed by atoms with Gasteiger partial charge in [0.1, 0.15) is 9.84 Å². The molecule has 0 radical (unpaired) electrons. The Labute approximate surface area is 133 Å². The van der Waals surface area contributed by atoms with Crippen molar-refractivity contribution in [3.63, 3.8) is 0 Å². The number of hydrogen-bond acceptors (Lipinski definition) is 4. The van der Waals surface area contributed by atoms with Crippen molar-refractivity contribution in [2.24, 2.45) is 0 Å². The summed E-state index contributed by atoms with van der Waals surface area (Å²) >= 11 is 0. The second-order valence-corrected chi connectivity index (χ2v) is 10.3. The van der Waals surface area contributed by atoms with E-state index < -0.39 is 19.9 Å². The predicted molar refractivity (Wildman–Crippen MR) is 88.0 cm³/mol. The van der Waals surface area contributed by atoms with Gasteiger partial charge in [-0.05, 0) is 25.3 Å². The van der Waals surface area contributed by atoms with Crippen LogP contribution in [0.4, 0.5) is 0 Å². The van der Waals surface area contributed by atoms with Crippen molar-refractivity contribution in [1.29, 1.82) is 0 Å². The first kappa shape index (κ1) is 17.4. The predicted octanol–water partition coefficient (Wildman–Crippen LogP) is 1.90. The van der Waals surface area contributed by atoms with Gasteiger partial charge >= 0.3 is 0 Å². The van der Waals surface area contributed by atoms with Gasteiger partial charge in [0.25, 0.3) is 0 Å². The van der Waals surface area contributed by atoms with E-state index in [1.807, 2.05) is 31.2 Å². The molecule has 1 atom stereocenters. The summed E-state index contributed by atoms with van der Waals surface area (Å²) in [5.74, 6) is -0.666. The molecule has 0 spiro atoms. The van der Waals surface area contributed by atoms with Crippen LogP contribution in [-0.2, 0) is 19.9 Å². The third kappa shape index (κ3) is 4.54. The number of piperidine rings is 1. The van der Waals surface area contributed by atoms with Crippen molar-refractivity contribution in [3.8, 4) is 0 Å². The third-order valence-corrected chi connectivity index (χ3v) is 7.06. The Morgan fingerprint density at radius 3 is 2.27 bits per heavy atom. The molecule has 22 heavy (non-hydrogen) atoms. The number of hydrogen-bond donors (Lipinski definition) is 0. The summed E-state index contributed by atoms with van der Waals surface area (Å²) in [6.07, 6.45) is 3.65. The lowest BCUT2D eigenvalue weighted by Crippen LogP contribution is -2.40. The molecule has 1 heterocycles. The topological polar surface area (TPSA) is 71.5 Å². The Bertz CT molecular complexity index is 708. The van der Waals surface area contributed by atoms with Crippen LogP contribution >= 0.6 is 0 Å². The van der Waals surface area contributed by atoms with E-state index in [4.69, 9.17) is 0 Å². The molecule has 1 aliphatic heterocycles. The summed E-state index contributed by atoms with van der Waals surface area (Å²) in [5.41, 5.74) is 2.11. The largest absolute Gasteiger partial charge is 0.229 e. The Balaban J connectivity index is 2.24. The van der Waals surface area contributed by atoms with Crippen LogP contribution in [0.2, 0.25) is 0 Å². The van der Waals surface area contributed by atoms with Crippen LogP contribution in [0.25, 0.3) is 0 Å². The van der Waals surface area contributed by atoms with Crippen molar-refractivity contribution in [2.45, 2.75) is 32.2 Å². The minimum Gasteiger partial charge on any atom is -0.229 e. The van der Waals surface area contributed by atoms with E-state index in [2.05, 4.69) is 0 Å². The molecule has 0 saturated carbocycles. The fraction of sp³-hybridized carbons (Fsp3) is 0.600. The lowest BCUT2D eigenvalue weighted by atomic mass is 9.97. The maximum atomic E-state index is 12.5. The standard InChI is InChI=1S/C15H23NO4S2/c1-13-6-8-14(9-7-13)15-5-3-4-10-16(15)22(19,20)12-11-21(2,17)18/h6-9,15H,3-5,10-12H2,1-2H3/t15-/m0/s1. The lowest BCUT2D eigenvalue weighted by Gasteiger charge is -2.35. The van der Waals surface area contributed by atoms with E-state index in [9.17, 15) is 16.8 Å². The number of sulfonamides is 1. The Morgan fingerprint density at radius 1 is 1.05 bits per heavy atom. The monoisotopic (exact) mass is 345 g/mol. The van der Waals surface area contributed by atoms with Gasteiger partial charge in [-0.15, -0.1) is 0 Å². The molecule has 0 amide bonds. The smallest absolute Gasteiger partial charge is 0.215 e. The highest BCUT2D eigenvalue weighted by Gasteiger charge is 2.33. The van der Waals surface area contributed by atoms with Crippen molar-refractivity contribution >= 4 is 19.9 Å². The average molecular weight is 345 g/mol. The van der Waals surface area contributed by atoms with Crippen molar-refractivity contribution < 1.29 is 16.8 Å². The molecule has 1 fully saturated rings. The zero-order valence-corrected chi connectivity index (χ0v) is 14.7. The Kier molecular flexibility index (Phi) is 5.29. The van der Waals surface area contributed by atoms with Gasteiger partial charge in [-0.3, -0.25) is 0 Å². The SMILES string of the molecule is Cc1ccc([C@@H]2CCCCN2S(=O)(=O)CCS(C)(=O)=O)cc1. The molecule has 0 N–H and O–H groups in total. The second-order valence-electron chi connectivity index (χ2n) is 5.98. The highest BCUT2D eigenvalue weighted by molar-refractivity contribution is 7.93. The van der Waals surface area contributed by atoms with E-state index >= 15 is 0 Å². The van der Waals surface area contributed by atoms with E-state index in [0.29, 0.717) is 6.54 Å². The highest BCUT2D eigenvalue weighted by Crippen LogP contribution is 2.33. The van der Waals surface area contributed by atoms with Gasteiger partial charge in [-0.1, -0.05) is 36.2 Å². The number of aryl methyl sites for hydroxylation is 1. The van der Waals surface area contributed by atoms with Crippen LogP contribution in [0.5, 0.6) is 0 Å². The van der Waals surface area contributed by atoms with Crippen LogP contribution in [0, 0.1) is 6.92 Å². The number of rotatable bonds is 5. The van der Waals surface area contributed by atoms with Crippen molar-refractivity contribution in [1.82, 2.24) is 4.31 Å². The second kappa shape index (κ2) is 6.68. The van der Waals surface area contributed by atoms with E-state index in [1.165, 1.54) is 4.31 Å². The van der Waals surface area contributed by atoms with Gasteiger partial charge in [0, 0.05) is 18.8 Å². The molecule has 2 rings (SSSR count). The zero-order chi connectivity index (χ0) is 16.4. The van der Waals surface area contributed by atoms with Gasteiger partial charge in [0.05, 0.1) is 11.5 Å². The lowest BCUT2D eigenvalue weighted by molar-refractivity contribution is 0.256. The summed E-state index contributed by atoms with van der Waals surface area (Å²) in [5, 5.41) is 0. The van der Waals surface area contributed by atoms with E-state index in [1.54, 1.807) is 0 Å². The molecular weight excluding hydrogens is 322 g/mol. The van der Waals surface area contributed by atoms with Gasteiger partial charge < -0.3 is 0 Å². The molecular formula is C15H23NO4S2. The Morgan fingerprint density at radius 2 is 1.68 bits per heavy atom. The first-order chi connectivity index (χ1) is 10.2. The zero-order valence-electron chi connectivity index (χ0n) is 13.0. The molecule has 1 aliphatic rings. The van der Waals surface area contributed by atoms with E-state index in [0.717, 1.165) is 36.6 Å². The first-order valence-corrected chi connectivity index (χ1v) is 11.1. The van der Waals surface area contributed by atoms with Crippen LogP contribution in [0.1, 0.15) is 36.4 Å². The summed E-state index contributed by atoms with van der Waals surface area (Å²) in [7, 11) is -6.86. The van der Waals surface area contributed by atoms with Crippen LogP contribution in [0.3, 0.4) is 0 Å². The molecule has 1 saturated heterocycles. The van der Waals surface area contributed by atoms with Gasteiger partial charge in [-0.2, -0.15) is 4.31 Å². The first-order valence-electron chi connectivity index (χ1n) is 7.43. The quantitative estimate of drug-likeness (QED) is 0.817. The fourth-order valence-corrected chi connectivity index (χ4v) is 6.04. The number of benzene rings is 1. The summed E-state index contributed by atoms with van der Waals surface area (Å²) < 4.78 is 49.1. The number of nitrogens with zero attached hydrogens (tertiary/aromatic N) is 1. The molecule has 124 valence electrons. The van der Waals surface area contributed by atoms with E-state index in [-0.39, 0.29) is 17.5 Å².